The lowest BCUT2D eigenvalue weighted by Crippen LogP contribution is -1.95. The smallest absolute Gasteiger partial charge is 0.203 e. The van der Waals surface area contributed by atoms with Crippen molar-refractivity contribution in [3.63, 3.8) is 0 Å². The van der Waals surface area contributed by atoms with Crippen molar-refractivity contribution in [3.05, 3.63) is 35.4 Å². The van der Waals surface area contributed by atoms with E-state index in [9.17, 15) is 10.2 Å². The fourth-order valence-electron chi connectivity index (χ4n) is 2.37. The van der Waals surface area contributed by atoms with E-state index in [0.717, 1.165) is 5.56 Å². The minimum atomic E-state index is -0.283. The predicted octanol–water partition coefficient (Wildman–Crippen LogP) is 3.69. The molecular formula is C19H22O6. The largest absolute Gasteiger partial charge is 0.504 e. The van der Waals surface area contributed by atoms with Gasteiger partial charge in [-0.1, -0.05) is 12.2 Å². The first-order chi connectivity index (χ1) is 12.0. The second-order valence-electron chi connectivity index (χ2n) is 5.08. The average molecular weight is 346 g/mol. The van der Waals surface area contributed by atoms with Crippen LogP contribution in [-0.4, -0.2) is 38.1 Å². The highest BCUT2D eigenvalue weighted by atomic mass is 16.5. The molecule has 2 rings (SSSR count). The number of hydrogen-bond acceptors (Lipinski definition) is 6. The summed E-state index contributed by atoms with van der Waals surface area (Å²) in [7, 11) is 4.62. The van der Waals surface area contributed by atoms with Crippen LogP contribution in [0.25, 0.3) is 12.2 Å². The SMILES string of the molecule is CCOc1ccc(/C=C\c2cc(OC)c(OC)c(OC)c2)c(O)c1O. The Balaban J connectivity index is 2.38. The fraction of sp³-hybridized carbons (Fsp3) is 0.263. The van der Waals surface area contributed by atoms with Crippen LogP contribution in [-0.2, 0) is 0 Å². The Morgan fingerprint density at radius 3 is 2.00 bits per heavy atom. The third kappa shape index (κ3) is 3.91. The summed E-state index contributed by atoms with van der Waals surface area (Å²) >= 11 is 0. The predicted molar refractivity (Wildman–Crippen MR) is 96.0 cm³/mol. The number of benzene rings is 2. The van der Waals surface area contributed by atoms with Gasteiger partial charge in [0, 0.05) is 5.56 Å². The molecule has 2 aromatic rings. The summed E-state index contributed by atoms with van der Waals surface area (Å²) in [4.78, 5) is 0. The van der Waals surface area contributed by atoms with Crippen LogP contribution in [0.5, 0.6) is 34.5 Å². The maximum atomic E-state index is 10.1. The zero-order valence-corrected chi connectivity index (χ0v) is 14.7. The van der Waals surface area contributed by atoms with E-state index < -0.39 is 0 Å². The maximum Gasteiger partial charge on any atom is 0.203 e. The molecule has 0 aromatic heterocycles. The molecule has 2 aromatic carbocycles. The standard InChI is InChI=1S/C19H22O6/c1-5-25-14-9-8-13(17(20)18(14)21)7-6-12-10-15(22-2)19(24-4)16(11-12)23-3/h6-11,20-21H,5H2,1-4H3/b7-6-. The van der Waals surface area contributed by atoms with Crippen molar-refractivity contribution < 1.29 is 29.2 Å². The lowest BCUT2D eigenvalue weighted by Gasteiger charge is -2.13. The third-order valence-corrected chi connectivity index (χ3v) is 3.59. The lowest BCUT2D eigenvalue weighted by atomic mass is 10.1. The Kier molecular flexibility index (Phi) is 6.00. The Morgan fingerprint density at radius 1 is 0.840 bits per heavy atom. The van der Waals surface area contributed by atoms with Crippen LogP contribution in [0.1, 0.15) is 18.1 Å². The van der Waals surface area contributed by atoms with Crippen LogP contribution < -0.4 is 18.9 Å². The van der Waals surface area contributed by atoms with E-state index in [4.69, 9.17) is 18.9 Å². The molecule has 6 heteroatoms. The van der Waals surface area contributed by atoms with E-state index in [1.54, 1.807) is 57.6 Å². The molecule has 0 radical (unpaired) electrons. The number of hydrogen-bond donors (Lipinski definition) is 2. The second kappa shape index (κ2) is 8.19. The zero-order chi connectivity index (χ0) is 18.4. The van der Waals surface area contributed by atoms with Gasteiger partial charge in [-0.2, -0.15) is 0 Å². The summed E-state index contributed by atoms with van der Waals surface area (Å²) in [5.41, 5.74) is 1.23. The molecule has 0 heterocycles. The monoisotopic (exact) mass is 346 g/mol. The number of rotatable bonds is 7. The minimum Gasteiger partial charge on any atom is -0.504 e. The highest BCUT2D eigenvalue weighted by Gasteiger charge is 2.13. The molecule has 134 valence electrons. The Morgan fingerprint density at radius 2 is 1.48 bits per heavy atom. The minimum absolute atomic E-state index is 0.241. The zero-order valence-electron chi connectivity index (χ0n) is 14.7. The van der Waals surface area contributed by atoms with Crippen molar-refractivity contribution in [2.24, 2.45) is 0 Å². The molecule has 25 heavy (non-hydrogen) atoms. The average Bonchev–Trinajstić information content (AvgIpc) is 2.63. The fourth-order valence-corrected chi connectivity index (χ4v) is 2.37. The van der Waals surface area contributed by atoms with Gasteiger partial charge in [-0.15, -0.1) is 0 Å². The number of methoxy groups -OCH3 is 3. The summed E-state index contributed by atoms with van der Waals surface area (Å²) in [6.45, 7) is 2.20. The van der Waals surface area contributed by atoms with E-state index in [0.29, 0.717) is 29.4 Å². The van der Waals surface area contributed by atoms with Crippen LogP contribution in [0, 0.1) is 0 Å². The number of phenolic OH excluding ortho intramolecular Hbond substituents is 2. The van der Waals surface area contributed by atoms with Gasteiger partial charge in [0.25, 0.3) is 0 Å². The summed E-state index contributed by atoms with van der Waals surface area (Å²) in [5.74, 6) is 1.28. The van der Waals surface area contributed by atoms with Gasteiger partial charge in [0.05, 0.1) is 27.9 Å². The number of ether oxygens (including phenoxy) is 4. The third-order valence-electron chi connectivity index (χ3n) is 3.59. The molecule has 0 saturated carbocycles. The Labute approximate surface area is 146 Å². The van der Waals surface area contributed by atoms with Crippen molar-refractivity contribution in [1.82, 2.24) is 0 Å². The van der Waals surface area contributed by atoms with Gasteiger partial charge in [-0.05, 0) is 36.8 Å². The maximum absolute atomic E-state index is 10.1. The Bertz CT molecular complexity index is 742. The topological polar surface area (TPSA) is 77.4 Å². The van der Waals surface area contributed by atoms with Gasteiger partial charge in [-0.3, -0.25) is 0 Å². The molecule has 0 aliphatic rings. The first-order valence-corrected chi connectivity index (χ1v) is 7.71. The van der Waals surface area contributed by atoms with Gasteiger partial charge in [0.15, 0.2) is 23.0 Å². The molecule has 2 N–H and O–H groups in total. The number of phenols is 2. The molecule has 0 fully saturated rings. The van der Waals surface area contributed by atoms with Gasteiger partial charge in [0.2, 0.25) is 11.5 Å². The molecule has 6 nitrogen and oxygen atoms in total. The summed E-state index contributed by atoms with van der Waals surface area (Å²) in [6, 6.07) is 6.83. The van der Waals surface area contributed by atoms with Crippen molar-refractivity contribution in [1.29, 1.82) is 0 Å². The molecule has 0 amide bonds. The molecule has 0 bridgehead atoms. The number of aromatic hydroxyl groups is 2. The van der Waals surface area contributed by atoms with Crippen LogP contribution >= 0.6 is 0 Å². The van der Waals surface area contributed by atoms with E-state index in [1.807, 2.05) is 0 Å². The molecular weight excluding hydrogens is 324 g/mol. The van der Waals surface area contributed by atoms with E-state index in [-0.39, 0.29) is 17.2 Å². The lowest BCUT2D eigenvalue weighted by molar-refractivity contribution is 0.308. The van der Waals surface area contributed by atoms with Crippen LogP contribution in [0.2, 0.25) is 0 Å². The van der Waals surface area contributed by atoms with Crippen molar-refractivity contribution >= 4 is 12.2 Å². The van der Waals surface area contributed by atoms with Crippen LogP contribution in [0.4, 0.5) is 0 Å². The normalized spacial score (nSPS) is 10.7. The highest BCUT2D eigenvalue weighted by molar-refractivity contribution is 5.77. The van der Waals surface area contributed by atoms with E-state index in [1.165, 1.54) is 7.11 Å². The quantitative estimate of drug-likeness (QED) is 0.588. The van der Waals surface area contributed by atoms with Gasteiger partial charge < -0.3 is 29.2 Å². The highest BCUT2D eigenvalue weighted by Crippen LogP contribution is 2.40. The van der Waals surface area contributed by atoms with Gasteiger partial charge in [-0.25, -0.2) is 0 Å². The van der Waals surface area contributed by atoms with E-state index in [2.05, 4.69) is 0 Å². The second-order valence-corrected chi connectivity index (χ2v) is 5.08. The molecule has 0 unspecified atom stereocenters. The molecule has 0 aliphatic heterocycles. The molecule has 0 saturated heterocycles. The van der Waals surface area contributed by atoms with Crippen molar-refractivity contribution in [3.8, 4) is 34.5 Å². The van der Waals surface area contributed by atoms with Crippen LogP contribution in [0.15, 0.2) is 24.3 Å². The molecule has 0 spiro atoms. The summed E-state index contributed by atoms with van der Waals surface area (Å²) < 4.78 is 21.2. The molecule has 0 aliphatic carbocycles. The Hall–Kier alpha value is -3.02. The first-order valence-electron chi connectivity index (χ1n) is 7.71. The van der Waals surface area contributed by atoms with E-state index >= 15 is 0 Å². The van der Waals surface area contributed by atoms with Crippen LogP contribution in [0.3, 0.4) is 0 Å². The van der Waals surface area contributed by atoms with Gasteiger partial charge >= 0.3 is 0 Å². The summed E-state index contributed by atoms with van der Waals surface area (Å²) in [6.07, 6.45) is 3.44. The van der Waals surface area contributed by atoms with Crippen molar-refractivity contribution in [2.45, 2.75) is 6.92 Å². The summed E-state index contributed by atoms with van der Waals surface area (Å²) in [5, 5.41) is 20.1. The first kappa shape index (κ1) is 18.3. The molecule has 0 atom stereocenters. The van der Waals surface area contributed by atoms with Gasteiger partial charge in [0.1, 0.15) is 0 Å². The van der Waals surface area contributed by atoms with Crippen molar-refractivity contribution in [2.75, 3.05) is 27.9 Å².